The third kappa shape index (κ3) is 6.01. The highest BCUT2D eigenvalue weighted by molar-refractivity contribution is 8.00. The number of para-hydroxylation sites is 1. The molecule has 1 aromatic heterocycles. The predicted molar refractivity (Wildman–Crippen MR) is 184 cm³/mol. The molecular weight excluding hydrogens is 650 g/mol. The molecule has 6 aromatic rings. The van der Waals surface area contributed by atoms with Crippen LogP contribution in [-0.4, -0.2) is 34.1 Å². The van der Waals surface area contributed by atoms with Crippen LogP contribution in [0.15, 0.2) is 125 Å². The van der Waals surface area contributed by atoms with Crippen LogP contribution < -0.4 is 14.4 Å². The smallest absolute Gasteiger partial charge is 0.301 e. The number of Topliss-reactive ketones (excluding diaryl/α,β-unsaturated/α-hetero) is 1. The minimum atomic E-state index is -1.11. The molecule has 1 fully saturated rings. The zero-order valence-corrected chi connectivity index (χ0v) is 27.0. The molecule has 0 saturated carbocycles. The van der Waals surface area contributed by atoms with E-state index in [1.807, 2.05) is 36.4 Å². The lowest BCUT2D eigenvalue weighted by molar-refractivity contribution is -0.132. The molecule has 7 rings (SSSR count). The first-order valence-corrected chi connectivity index (χ1v) is 16.6. The van der Waals surface area contributed by atoms with E-state index in [1.165, 1.54) is 35.9 Å². The number of carbonyl (C=O) groups is 2. The number of halogens is 1. The quantitative estimate of drug-likeness (QED) is 0.0535. The molecule has 8 nitrogen and oxygen atoms in total. The highest BCUT2D eigenvalue weighted by Gasteiger charge is 2.48. The number of ether oxygens (including phenoxy) is 2. The second kappa shape index (κ2) is 13.3. The van der Waals surface area contributed by atoms with Gasteiger partial charge in [-0.05, 0) is 64.4 Å². The normalized spacial score (nSPS) is 15.6. The molecule has 5 aromatic carbocycles. The molecule has 2 heterocycles. The van der Waals surface area contributed by atoms with Crippen LogP contribution in [0.3, 0.4) is 0 Å². The Morgan fingerprint density at radius 3 is 2.46 bits per heavy atom. The fraction of sp³-hybridized carbons (Fsp3) is 0.0811. The number of carbonyl (C=O) groups excluding carboxylic acids is 2. The van der Waals surface area contributed by atoms with E-state index in [0.717, 1.165) is 33.7 Å². The summed E-state index contributed by atoms with van der Waals surface area (Å²) in [5.74, 6) is -1.49. The average molecular weight is 676 g/mol. The number of hydrogen-bond acceptors (Lipinski definition) is 9. The van der Waals surface area contributed by atoms with Gasteiger partial charge >= 0.3 is 5.91 Å². The van der Waals surface area contributed by atoms with Crippen molar-refractivity contribution in [3.8, 4) is 17.2 Å². The molecule has 1 aliphatic rings. The Hall–Kier alpha value is -5.52. The lowest BCUT2D eigenvalue weighted by atomic mass is 9.95. The van der Waals surface area contributed by atoms with Crippen molar-refractivity contribution in [1.82, 2.24) is 10.2 Å². The minimum Gasteiger partial charge on any atom is -0.507 e. The van der Waals surface area contributed by atoms with Gasteiger partial charge in [0.2, 0.25) is 5.13 Å². The standard InChI is InChI=1S/C37H26FN3O5S2/c1-45-30-18-17-24(20-29(30)38)33(42)31-32(23-11-8-15-27(19-23)46-26-13-3-2-4-14-26)41(35(44)34(31)43)36-39-40-37(48-36)47-21-25-12-7-10-22-9-5-6-16-28(22)25/h2-20,32,42H,21H2,1H3/t32-/m0/s1. The first-order valence-electron chi connectivity index (χ1n) is 14.8. The molecule has 0 aliphatic carbocycles. The lowest BCUT2D eigenvalue weighted by Crippen LogP contribution is -2.29. The van der Waals surface area contributed by atoms with Crippen molar-refractivity contribution < 1.29 is 28.6 Å². The van der Waals surface area contributed by atoms with Crippen molar-refractivity contribution in [2.45, 2.75) is 16.1 Å². The summed E-state index contributed by atoms with van der Waals surface area (Å²) in [7, 11) is 1.32. The number of thioether (sulfide) groups is 1. The van der Waals surface area contributed by atoms with Crippen LogP contribution >= 0.6 is 23.1 Å². The number of aliphatic hydroxyl groups excluding tert-OH is 1. The Labute approximate surface area is 283 Å². The maximum atomic E-state index is 14.7. The minimum absolute atomic E-state index is 0.0107. The van der Waals surface area contributed by atoms with E-state index >= 15 is 0 Å². The third-order valence-corrected chi connectivity index (χ3v) is 9.96. The van der Waals surface area contributed by atoms with E-state index < -0.39 is 29.3 Å². The van der Waals surface area contributed by atoms with E-state index in [-0.39, 0.29) is 22.0 Å². The molecule has 0 spiro atoms. The number of amides is 1. The van der Waals surface area contributed by atoms with Gasteiger partial charge in [0.15, 0.2) is 15.9 Å². The summed E-state index contributed by atoms with van der Waals surface area (Å²) >= 11 is 2.63. The van der Waals surface area contributed by atoms with Crippen molar-refractivity contribution >= 4 is 56.5 Å². The first kappa shape index (κ1) is 31.1. The second-order valence-electron chi connectivity index (χ2n) is 10.8. The number of anilines is 1. The summed E-state index contributed by atoms with van der Waals surface area (Å²) in [6, 6.07) is 33.0. The highest BCUT2D eigenvalue weighted by Crippen LogP contribution is 2.45. The van der Waals surface area contributed by atoms with Crippen molar-refractivity contribution in [3.63, 3.8) is 0 Å². The van der Waals surface area contributed by atoms with Crippen molar-refractivity contribution in [2.24, 2.45) is 0 Å². The van der Waals surface area contributed by atoms with Gasteiger partial charge in [-0.1, -0.05) is 95.9 Å². The molecule has 1 amide bonds. The van der Waals surface area contributed by atoms with Crippen molar-refractivity contribution in [1.29, 1.82) is 0 Å². The molecule has 11 heteroatoms. The molecule has 1 saturated heterocycles. The predicted octanol–water partition coefficient (Wildman–Crippen LogP) is 8.55. The molecule has 0 bridgehead atoms. The second-order valence-corrected chi connectivity index (χ2v) is 13.0. The number of rotatable bonds is 9. The SMILES string of the molecule is COc1ccc(C(O)=C2C(=O)C(=O)N(c3nnc(SCc4cccc5ccccc45)s3)[C@H]2c2cccc(Oc3ccccc3)c2)cc1F. The summed E-state index contributed by atoms with van der Waals surface area (Å²) < 4.78 is 26.4. The number of aromatic nitrogens is 2. The van der Waals surface area contributed by atoms with Gasteiger partial charge < -0.3 is 14.6 Å². The summed E-state index contributed by atoms with van der Waals surface area (Å²) in [5.41, 5.74) is 1.38. The largest absolute Gasteiger partial charge is 0.507 e. The summed E-state index contributed by atoms with van der Waals surface area (Å²) in [5, 5.41) is 22.6. The molecule has 1 N–H and O–H groups in total. The zero-order valence-electron chi connectivity index (χ0n) is 25.4. The zero-order chi connectivity index (χ0) is 33.2. The maximum absolute atomic E-state index is 14.7. The van der Waals surface area contributed by atoms with Crippen LogP contribution in [-0.2, 0) is 15.3 Å². The van der Waals surface area contributed by atoms with Gasteiger partial charge in [0.25, 0.3) is 5.78 Å². The summed E-state index contributed by atoms with van der Waals surface area (Å²) in [6.45, 7) is 0. The number of ketones is 1. The van der Waals surface area contributed by atoms with Gasteiger partial charge in [0, 0.05) is 11.3 Å². The van der Waals surface area contributed by atoms with Crippen LogP contribution in [0.5, 0.6) is 17.2 Å². The molecular formula is C37H26FN3O5S2. The Bertz CT molecular complexity index is 2200. The van der Waals surface area contributed by atoms with E-state index in [4.69, 9.17) is 9.47 Å². The van der Waals surface area contributed by atoms with Crippen molar-refractivity contribution in [3.05, 3.63) is 143 Å². The molecule has 238 valence electrons. The molecule has 1 aliphatic heterocycles. The first-order chi connectivity index (χ1) is 23.4. The number of aliphatic hydroxyl groups is 1. The Kier molecular flexibility index (Phi) is 8.62. The van der Waals surface area contributed by atoms with E-state index in [2.05, 4.69) is 34.5 Å². The van der Waals surface area contributed by atoms with Crippen LogP contribution in [0.2, 0.25) is 0 Å². The molecule has 0 unspecified atom stereocenters. The van der Waals surface area contributed by atoms with Gasteiger partial charge in [-0.25, -0.2) is 4.39 Å². The number of fused-ring (bicyclic) bond motifs is 1. The maximum Gasteiger partial charge on any atom is 0.301 e. The van der Waals surface area contributed by atoms with Crippen LogP contribution in [0, 0.1) is 5.82 Å². The van der Waals surface area contributed by atoms with Crippen LogP contribution in [0.4, 0.5) is 9.52 Å². The van der Waals surface area contributed by atoms with Gasteiger partial charge in [-0.2, -0.15) is 0 Å². The summed E-state index contributed by atoms with van der Waals surface area (Å²) in [6.07, 6.45) is 0. The van der Waals surface area contributed by atoms with Gasteiger partial charge in [-0.3, -0.25) is 14.5 Å². The summed E-state index contributed by atoms with van der Waals surface area (Å²) in [4.78, 5) is 28.7. The Morgan fingerprint density at radius 1 is 0.896 bits per heavy atom. The lowest BCUT2D eigenvalue weighted by Gasteiger charge is -2.23. The fourth-order valence-corrected chi connectivity index (χ4v) is 7.47. The number of benzene rings is 5. The van der Waals surface area contributed by atoms with Gasteiger partial charge in [0.1, 0.15) is 17.3 Å². The molecule has 0 radical (unpaired) electrons. The van der Waals surface area contributed by atoms with E-state index in [0.29, 0.717) is 27.2 Å². The Morgan fingerprint density at radius 2 is 1.65 bits per heavy atom. The number of nitrogens with zero attached hydrogens (tertiary/aromatic N) is 3. The van der Waals surface area contributed by atoms with Gasteiger partial charge in [-0.15, -0.1) is 10.2 Å². The number of methoxy groups -OCH3 is 1. The molecule has 48 heavy (non-hydrogen) atoms. The van der Waals surface area contributed by atoms with E-state index in [9.17, 15) is 19.1 Å². The highest BCUT2D eigenvalue weighted by atomic mass is 32.2. The van der Waals surface area contributed by atoms with Crippen molar-refractivity contribution in [2.75, 3.05) is 12.0 Å². The Balaban J connectivity index is 1.27. The van der Waals surface area contributed by atoms with E-state index in [1.54, 1.807) is 36.4 Å². The monoisotopic (exact) mass is 675 g/mol. The van der Waals surface area contributed by atoms with Gasteiger partial charge in [0.05, 0.1) is 18.7 Å². The third-order valence-electron chi connectivity index (χ3n) is 7.86. The van der Waals surface area contributed by atoms with Crippen LogP contribution in [0.25, 0.3) is 16.5 Å². The van der Waals surface area contributed by atoms with Crippen LogP contribution in [0.1, 0.15) is 22.7 Å². The number of hydrogen-bond donors (Lipinski definition) is 1. The molecule has 1 atom stereocenters. The topological polar surface area (TPSA) is 102 Å². The fourth-order valence-electron chi connectivity index (χ4n) is 5.60. The average Bonchev–Trinajstić information content (AvgIpc) is 3.69.